The highest BCUT2D eigenvalue weighted by molar-refractivity contribution is 14.1. The van der Waals surface area contributed by atoms with E-state index in [2.05, 4.69) is 0 Å². The van der Waals surface area contributed by atoms with Crippen LogP contribution < -0.4 is 5.84 Å². The van der Waals surface area contributed by atoms with Gasteiger partial charge in [0.15, 0.2) is 0 Å². The predicted octanol–water partition coefficient (Wildman–Crippen LogP) is 0.0853. The monoisotopic (exact) mass is 368 g/mol. The number of nitrogens with zero attached hydrogens (tertiary/aromatic N) is 1. The van der Waals surface area contributed by atoms with Crippen LogP contribution in [-0.2, 0) is 9.59 Å². The van der Waals surface area contributed by atoms with E-state index >= 15 is 0 Å². The van der Waals surface area contributed by atoms with Crippen LogP contribution >= 0.6 is 45.2 Å². The zero-order chi connectivity index (χ0) is 8.15. The summed E-state index contributed by atoms with van der Waals surface area (Å²) in [7, 11) is 0. The van der Waals surface area contributed by atoms with Gasteiger partial charge in [-0.1, -0.05) is 45.2 Å². The second-order valence-electron chi connectivity index (χ2n) is 1.42. The average Bonchev–Trinajstić information content (AvgIpc) is 2.00. The van der Waals surface area contributed by atoms with Gasteiger partial charge >= 0.3 is 0 Å². The first-order valence-corrected chi connectivity index (χ1v) is 5.41. The highest BCUT2D eigenvalue weighted by Gasteiger charge is 2.13. The van der Waals surface area contributed by atoms with E-state index in [9.17, 15) is 9.59 Å². The molecule has 0 fully saturated rings. The third-order valence-electron chi connectivity index (χ3n) is 0.766. The molecule has 0 aliphatic rings. The molecule has 0 aliphatic heterocycles. The summed E-state index contributed by atoms with van der Waals surface area (Å²) in [6, 6.07) is 0. The molecule has 0 saturated carbocycles. The highest BCUT2D eigenvalue weighted by Crippen LogP contribution is 1.91. The molecule has 0 spiro atoms. The first-order chi connectivity index (χ1) is 4.63. The van der Waals surface area contributed by atoms with Crippen molar-refractivity contribution in [1.29, 1.82) is 0 Å². The summed E-state index contributed by atoms with van der Waals surface area (Å²) in [6.07, 6.45) is 0. The van der Waals surface area contributed by atoms with Crippen molar-refractivity contribution in [3.05, 3.63) is 0 Å². The van der Waals surface area contributed by atoms with Crippen LogP contribution in [0.1, 0.15) is 0 Å². The van der Waals surface area contributed by atoms with Gasteiger partial charge in [0.2, 0.25) is 0 Å². The Morgan fingerprint density at radius 3 is 1.70 bits per heavy atom. The van der Waals surface area contributed by atoms with Crippen molar-refractivity contribution in [2.75, 3.05) is 8.86 Å². The minimum Gasteiger partial charge on any atom is -0.272 e. The summed E-state index contributed by atoms with van der Waals surface area (Å²) in [5, 5.41) is 0.652. The summed E-state index contributed by atoms with van der Waals surface area (Å²) in [6.45, 7) is 0. The fraction of sp³-hybridized carbons (Fsp3) is 0.500. The lowest BCUT2D eigenvalue weighted by Crippen LogP contribution is -2.43. The summed E-state index contributed by atoms with van der Waals surface area (Å²) in [5.41, 5.74) is 0. The van der Waals surface area contributed by atoms with E-state index in [0.29, 0.717) is 5.01 Å². The maximum Gasteiger partial charge on any atom is 0.253 e. The predicted molar refractivity (Wildman–Crippen MR) is 53.8 cm³/mol. The van der Waals surface area contributed by atoms with Gasteiger partial charge in [-0.3, -0.25) is 9.59 Å². The van der Waals surface area contributed by atoms with Gasteiger partial charge < -0.3 is 0 Å². The van der Waals surface area contributed by atoms with Crippen LogP contribution in [0.5, 0.6) is 0 Å². The molecule has 2 N–H and O–H groups in total. The number of rotatable bonds is 2. The molecule has 0 aromatic carbocycles. The fourth-order valence-corrected chi connectivity index (χ4v) is 1.00. The normalized spacial score (nSPS) is 9.10. The Balaban J connectivity index is 3.94. The largest absolute Gasteiger partial charge is 0.272 e. The third kappa shape index (κ3) is 3.10. The summed E-state index contributed by atoms with van der Waals surface area (Å²) >= 11 is 3.70. The molecular weight excluding hydrogens is 362 g/mol. The fourth-order valence-electron chi connectivity index (χ4n) is 0.268. The van der Waals surface area contributed by atoms with Gasteiger partial charge in [-0.2, -0.15) is 0 Å². The minimum absolute atomic E-state index is 0.233. The van der Waals surface area contributed by atoms with E-state index in [-0.39, 0.29) is 20.7 Å². The number of hydrogen-bond acceptors (Lipinski definition) is 3. The Bertz CT molecular complexity index is 134. The van der Waals surface area contributed by atoms with Crippen LogP contribution in [0.2, 0.25) is 0 Å². The van der Waals surface area contributed by atoms with Gasteiger partial charge in [0.1, 0.15) is 0 Å². The van der Waals surface area contributed by atoms with Crippen molar-refractivity contribution in [3.8, 4) is 0 Å². The van der Waals surface area contributed by atoms with Gasteiger partial charge in [-0.05, 0) is 0 Å². The van der Waals surface area contributed by atoms with Crippen molar-refractivity contribution in [2.24, 2.45) is 5.84 Å². The molecule has 0 radical (unpaired) electrons. The number of imide groups is 1. The molecule has 0 unspecified atom stereocenters. The number of nitrogens with two attached hydrogens (primary N) is 1. The Morgan fingerprint density at radius 2 is 1.50 bits per heavy atom. The minimum atomic E-state index is -0.359. The van der Waals surface area contributed by atoms with Gasteiger partial charge in [-0.25, -0.2) is 10.9 Å². The quantitative estimate of drug-likeness (QED) is 0.247. The molecule has 0 aromatic rings. The molecule has 0 saturated heterocycles. The Labute approximate surface area is 85.8 Å². The number of carbonyl (C=O) groups excluding carboxylic acids is 2. The number of hydrogen-bond donors (Lipinski definition) is 1. The second-order valence-corrected chi connectivity index (χ2v) is 2.95. The number of carbonyl (C=O) groups is 2. The smallest absolute Gasteiger partial charge is 0.253 e. The molecule has 0 aliphatic carbocycles. The van der Waals surface area contributed by atoms with Gasteiger partial charge in [0, 0.05) is 0 Å². The summed E-state index contributed by atoms with van der Waals surface area (Å²) in [4.78, 5) is 21.4. The Kier molecular flexibility index (Phi) is 5.54. The van der Waals surface area contributed by atoms with Crippen LogP contribution in [0, 0.1) is 0 Å². The van der Waals surface area contributed by atoms with E-state index in [1.807, 2.05) is 45.2 Å². The molecule has 0 rings (SSSR count). The van der Waals surface area contributed by atoms with E-state index in [0.717, 1.165) is 0 Å². The zero-order valence-electron chi connectivity index (χ0n) is 5.01. The lowest BCUT2D eigenvalue weighted by atomic mass is 10.6. The molecule has 6 heteroatoms. The van der Waals surface area contributed by atoms with Crippen LogP contribution in [0.25, 0.3) is 0 Å². The first-order valence-electron chi connectivity index (χ1n) is 2.36. The molecule has 0 aromatic heterocycles. The molecule has 58 valence electrons. The molecule has 0 heterocycles. The van der Waals surface area contributed by atoms with Crippen molar-refractivity contribution < 1.29 is 9.59 Å². The number of amides is 2. The lowest BCUT2D eigenvalue weighted by Gasteiger charge is -2.10. The van der Waals surface area contributed by atoms with Crippen molar-refractivity contribution >= 4 is 57.0 Å². The second kappa shape index (κ2) is 5.24. The first kappa shape index (κ1) is 10.6. The molecular formula is C4H6I2N2O2. The van der Waals surface area contributed by atoms with Gasteiger partial charge in [-0.15, -0.1) is 0 Å². The van der Waals surface area contributed by atoms with Gasteiger partial charge in [0.05, 0.1) is 8.86 Å². The molecule has 4 nitrogen and oxygen atoms in total. The number of alkyl halides is 2. The zero-order valence-corrected chi connectivity index (χ0v) is 9.33. The van der Waals surface area contributed by atoms with Crippen LogP contribution in [0.3, 0.4) is 0 Å². The van der Waals surface area contributed by atoms with E-state index < -0.39 is 0 Å². The molecule has 0 bridgehead atoms. The van der Waals surface area contributed by atoms with Crippen molar-refractivity contribution in [1.82, 2.24) is 5.01 Å². The highest BCUT2D eigenvalue weighted by atomic mass is 127. The van der Waals surface area contributed by atoms with E-state index in [4.69, 9.17) is 5.84 Å². The van der Waals surface area contributed by atoms with E-state index in [1.165, 1.54) is 0 Å². The Hall–Kier alpha value is 0.560. The third-order valence-corrected chi connectivity index (χ3v) is 2.07. The SMILES string of the molecule is NN(C(=O)CI)C(=O)CI. The van der Waals surface area contributed by atoms with Crippen LogP contribution in [-0.4, -0.2) is 25.7 Å². The maximum absolute atomic E-state index is 10.7. The molecule has 0 atom stereocenters. The molecule has 10 heavy (non-hydrogen) atoms. The maximum atomic E-state index is 10.7. The standard InChI is InChI=1S/C4H6I2N2O2/c5-1-3(9)8(7)4(10)2-6/h1-2,7H2. The summed E-state index contributed by atoms with van der Waals surface area (Å²) in [5.74, 6) is 4.39. The average molecular weight is 368 g/mol. The van der Waals surface area contributed by atoms with Gasteiger partial charge in [0.25, 0.3) is 11.8 Å². The molecule has 2 amide bonds. The van der Waals surface area contributed by atoms with Crippen molar-refractivity contribution in [3.63, 3.8) is 0 Å². The van der Waals surface area contributed by atoms with Crippen LogP contribution in [0.4, 0.5) is 0 Å². The number of hydrazine groups is 1. The van der Waals surface area contributed by atoms with Crippen molar-refractivity contribution in [2.45, 2.75) is 0 Å². The summed E-state index contributed by atoms with van der Waals surface area (Å²) < 4.78 is 0.466. The lowest BCUT2D eigenvalue weighted by molar-refractivity contribution is -0.141. The van der Waals surface area contributed by atoms with E-state index in [1.54, 1.807) is 0 Å². The topological polar surface area (TPSA) is 63.4 Å². The number of halogens is 2. The van der Waals surface area contributed by atoms with Crippen LogP contribution in [0.15, 0.2) is 0 Å². The Morgan fingerprint density at radius 1 is 1.20 bits per heavy atom.